The van der Waals surface area contributed by atoms with Crippen molar-refractivity contribution in [2.45, 2.75) is 51.2 Å². The van der Waals surface area contributed by atoms with E-state index in [0.717, 1.165) is 32.2 Å². The maximum Gasteiger partial charge on any atom is 0.251 e. The fourth-order valence-corrected chi connectivity index (χ4v) is 1.93. The summed E-state index contributed by atoms with van der Waals surface area (Å²) in [5, 5.41) is 2.95. The number of nitrogens with two attached hydrogens (primary N) is 1. The van der Waals surface area contributed by atoms with E-state index in [0.29, 0.717) is 12.0 Å². The summed E-state index contributed by atoms with van der Waals surface area (Å²) in [7, 11) is 1.55. The molecule has 0 aromatic heterocycles. The zero-order valence-electron chi connectivity index (χ0n) is 10.6. The van der Waals surface area contributed by atoms with Gasteiger partial charge in [0.2, 0.25) is 0 Å². The minimum Gasteiger partial charge on any atom is -0.369 e. The largest absolute Gasteiger partial charge is 0.369 e. The van der Waals surface area contributed by atoms with Crippen molar-refractivity contribution in [1.82, 2.24) is 5.32 Å². The van der Waals surface area contributed by atoms with Crippen LogP contribution in [0.15, 0.2) is 0 Å². The van der Waals surface area contributed by atoms with Crippen molar-refractivity contribution in [3.8, 4) is 0 Å². The van der Waals surface area contributed by atoms with Crippen molar-refractivity contribution in [3.05, 3.63) is 0 Å². The summed E-state index contributed by atoms with van der Waals surface area (Å²) in [6.45, 7) is 4.30. The molecule has 3 N–H and O–H groups in total. The van der Waals surface area contributed by atoms with Crippen LogP contribution < -0.4 is 11.1 Å². The quantitative estimate of drug-likeness (QED) is 0.756. The zero-order chi connectivity index (χ0) is 12.2. The third-order valence-electron chi connectivity index (χ3n) is 3.50. The molecule has 1 aliphatic carbocycles. The molecule has 0 radical (unpaired) electrons. The average molecular weight is 228 g/mol. The van der Waals surface area contributed by atoms with Gasteiger partial charge in [0.05, 0.1) is 0 Å². The molecule has 0 bridgehead atoms. The van der Waals surface area contributed by atoms with Crippen molar-refractivity contribution in [3.63, 3.8) is 0 Å². The van der Waals surface area contributed by atoms with E-state index in [1.54, 1.807) is 21.0 Å². The number of hydrogen-bond acceptors (Lipinski definition) is 3. The molecular formula is C12H24N2O2. The predicted molar refractivity (Wildman–Crippen MR) is 64.0 cm³/mol. The molecule has 0 heterocycles. The molecule has 4 heteroatoms. The second-order valence-corrected chi connectivity index (χ2v) is 5.21. The number of rotatable bonds is 4. The van der Waals surface area contributed by atoms with Crippen LogP contribution in [0.1, 0.15) is 39.5 Å². The van der Waals surface area contributed by atoms with Gasteiger partial charge in [0.1, 0.15) is 5.60 Å². The van der Waals surface area contributed by atoms with Crippen LogP contribution in [0.4, 0.5) is 0 Å². The molecule has 0 atom stereocenters. The van der Waals surface area contributed by atoms with Crippen molar-refractivity contribution in [2.75, 3.05) is 13.7 Å². The van der Waals surface area contributed by atoms with Crippen molar-refractivity contribution in [1.29, 1.82) is 0 Å². The van der Waals surface area contributed by atoms with E-state index >= 15 is 0 Å². The molecular weight excluding hydrogens is 204 g/mol. The van der Waals surface area contributed by atoms with E-state index in [4.69, 9.17) is 10.5 Å². The normalized spacial score (nSPS) is 26.5. The molecule has 0 saturated heterocycles. The third-order valence-corrected chi connectivity index (χ3v) is 3.50. The Morgan fingerprint density at radius 3 is 2.44 bits per heavy atom. The Labute approximate surface area is 97.9 Å². The van der Waals surface area contributed by atoms with E-state index in [1.165, 1.54) is 0 Å². The fourth-order valence-electron chi connectivity index (χ4n) is 1.93. The van der Waals surface area contributed by atoms with Gasteiger partial charge in [0.25, 0.3) is 5.91 Å². The highest BCUT2D eigenvalue weighted by Gasteiger charge is 2.27. The molecule has 0 aromatic carbocycles. The van der Waals surface area contributed by atoms with Gasteiger partial charge >= 0.3 is 0 Å². The van der Waals surface area contributed by atoms with Crippen LogP contribution in [0.25, 0.3) is 0 Å². The topological polar surface area (TPSA) is 64.3 Å². The van der Waals surface area contributed by atoms with Crippen molar-refractivity contribution in [2.24, 2.45) is 11.7 Å². The van der Waals surface area contributed by atoms with Gasteiger partial charge in [-0.2, -0.15) is 0 Å². The molecule has 94 valence electrons. The first kappa shape index (κ1) is 13.5. The minimum atomic E-state index is -0.731. The van der Waals surface area contributed by atoms with E-state index < -0.39 is 5.60 Å². The lowest BCUT2D eigenvalue weighted by Gasteiger charge is -2.28. The number of hydrogen-bond donors (Lipinski definition) is 2. The van der Waals surface area contributed by atoms with Gasteiger partial charge in [-0.05, 0) is 45.4 Å². The lowest BCUT2D eigenvalue weighted by Crippen LogP contribution is -2.45. The summed E-state index contributed by atoms with van der Waals surface area (Å²) < 4.78 is 5.12. The Morgan fingerprint density at radius 1 is 1.38 bits per heavy atom. The van der Waals surface area contributed by atoms with Crippen molar-refractivity contribution < 1.29 is 9.53 Å². The lowest BCUT2D eigenvalue weighted by molar-refractivity contribution is -0.139. The van der Waals surface area contributed by atoms with Gasteiger partial charge in [0.15, 0.2) is 0 Å². The number of carbonyl (C=O) groups excluding carboxylic acids is 1. The number of amides is 1. The Balaban J connectivity index is 2.27. The summed E-state index contributed by atoms with van der Waals surface area (Å²) in [5.41, 5.74) is 5.11. The highest BCUT2D eigenvalue weighted by Crippen LogP contribution is 2.22. The van der Waals surface area contributed by atoms with E-state index in [9.17, 15) is 4.79 Å². The molecule has 0 unspecified atom stereocenters. The smallest absolute Gasteiger partial charge is 0.251 e. The Bertz CT molecular complexity index is 233. The molecule has 16 heavy (non-hydrogen) atoms. The fraction of sp³-hybridized carbons (Fsp3) is 0.917. The molecule has 1 fully saturated rings. The monoisotopic (exact) mass is 228 g/mol. The average Bonchev–Trinajstić information content (AvgIpc) is 2.28. The standard InChI is InChI=1S/C12H24N2O2/c1-12(2,16-3)11(15)14-8-9-4-6-10(13)7-5-9/h9-10H,4-8,13H2,1-3H3,(H,14,15). The highest BCUT2D eigenvalue weighted by molar-refractivity contribution is 5.84. The van der Waals surface area contributed by atoms with Gasteiger partial charge in [0, 0.05) is 19.7 Å². The molecule has 1 saturated carbocycles. The van der Waals surface area contributed by atoms with Crippen LogP contribution in [0.3, 0.4) is 0 Å². The molecule has 1 rings (SSSR count). The Hall–Kier alpha value is -0.610. The van der Waals surface area contributed by atoms with Crippen LogP contribution in [0, 0.1) is 5.92 Å². The Morgan fingerprint density at radius 2 is 1.94 bits per heavy atom. The maximum absolute atomic E-state index is 11.7. The van der Waals surface area contributed by atoms with Crippen LogP contribution in [0.2, 0.25) is 0 Å². The van der Waals surface area contributed by atoms with Gasteiger partial charge in [-0.15, -0.1) is 0 Å². The van der Waals surface area contributed by atoms with Crippen LogP contribution >= 0.6 is 0 Å². The summed E-state index contributed by atoms with van der Waals surface area (Å²) in [6.07, 6.45) is 4.39. The van der Waals surface area contributed by atoms with E-state index in [-0.39, 0.29) is 5.91 Å². The molecule has 0 spiro atoms. The second kappa shape index (κ2) is 5.64. The van der Waals surface area contributed by atoms with Crippen LogP contribution in [-0.4, -0.2) is 31.2 Å². The molecule has 0 aliphatic heterocycles. The number of carbonyl (C=O) groups is 1. The summed E-state index contributed by atoms with van der Waals surface area (Å²) in [5.74, 6) is 0.543. The number of nitrogens with one attached hydrogen (secondary N) is 1. The molecule has 0 aromatic rings. The van der Waals surface area contributed by atoms with Gasteiger partial charge in [-0.3, -0.25) is 4.79 Å². The van der Waals surface area contributed by atoms with Crippen LogP contribution in [-0.2, 0) is 9.53 Å². The first-order valence-corrected chi connectivity index (χ1v) is 6.04. The van der Waals surface area contributed by atoms with E-state index in [1.807, 2.05) is 0 Å². The third kappa shape index (κ3) is 3.76. The molecule has 1 amide bonds. The highest BCUT2D eigenvalue weighted by atomic mass is 16.5. The predicted octanol–water partition coefficient (Wildman–Crippen LogP) is 1.05. The van der Waals surface area contributed by atoms with Gasteiger partial charge in [-0.25, -0.2) is 0 Å². The number of methoxy groups -OCH3 is 1. The molecule has 1 aliphatic rings. The first-order valence-electron chi connectivity index (χ1n) is 6.04. The van der Waals surface area contributed by atoms with E-state index in [2.05, 4.69) is 5.32 Å². The minimum absolute atomic E-state index is 0.0372. The SMILES string of the molecule is COC(C)(C)C(=O)NCC1CCC(N)CC1. The number of ether oxygens (including phenoxy) is 1. The second-order valence-electron chi connectivity index (χ2n) is 5.21. The first-order chi connectivity index (χ1) is 7.45. The van der Waals surface area contributed by atoms with Gasteiger partial charge in [-0.1, -0.05) is 0 Å². The Kier molecular flexibility index (Phi) is 4.74. The maximum atomic E-state index is 11.7. The van der Waals surface area contributed by atoms with Crippen LogP contribution in [0.5, 0.6) is 0 Å². The van der Waals surface area contributed by atoms with Crippen molar-refractivity contribution >= 4 is 5.91 Å². The summed E-state index contributed by atoms with van der Waals surface area (Å²) in [6, 6.07) is 0.363. The zero-order valence-corrected chi connectivity index (χ0v) is 10.6. The molecule has 4 nitrogen and oxygen atoms in total. The lowest BCUT2D eigenvalue weighted by atomic mass is 9.86. The summed E-state index contributed by atoms with van der Waals surface area (Å²) in [4.78, 5) is 11.7. The summed E-state index contributed by atoms with van der Waals surface area (Å²) >= 11 is 0. The van der Waals surface area contributed by atoms with Gasteiger partial charge < -0.3 is 15.8 Å².